The van der Waals surface area contributed by atoms with Crippen LogP contribution in [0.5, 0.6) is 0 Å². The van der Waals surface area contributed by atoms with Gasteiger partial charge >= 0.3 is 0 Å². The highest BCUT2D eigenvalue weighted by Crippen LogP contribution is 2.10. The molecule has 0 aliphatic rings. The summed E-state index contributed by atoms with van der Waals surface area (Å²) in [4.78, 5) is 4.02. The molecule has 96 valence electrons. The number of sulfonamides is 1. The molecule has 0 saturated heterocycles. The van der Waals surface area contributed by atoms with E-state index in [2.05, 4.69) is 16.3 Å². The van der Waals surface area contributed by atoms with Gasteiger partial charge in [-0.2, -0.15) is 0 Å². The van der Waals surface area contributed by atoms with Gasteiger partial charge in [-0.25, -0.2) is 18.1 Å². The second-order valence-electron chi connectivity index (χ2n) is 3.66. The van der Waals surface area contributed by atoms with Gasteiger partial charge in [0.1, 0.15) is 5.82 Å². The lowest BCUT2D eigenvalue weighted by Gasteiger charge is -2.02. The monoisotopic (exact) mass is 277 g/mol. The smallest absolute Gasteiger partial charge is 0.259 e. The van der Waals surface area contributed by atoms with Crippen molar-refractivity contribution in [2.45, 2.75) is 31.8 Å². The van der Waals surface area contributed by atoms with Gasteiger partial charge < -0.3 is 4.57 Å². The summed E-state index contributed by atoms with van der Waals surface area (Å²) in [6.07, 6.45) is 2.45. The molecule has 0 fully saturated rings. The van der Waals surface area contributed by atoms with Crippen LogP contribution in [0, 0.1) is 6.92 Å². The quantitative estimate of drug-likeness (QED) is 0.860. The van der Waals surface area contributed by atoms with Crippen molar-refractivity contribution in [3.8, 4) is 0 Å². The molecule has 0 aliphatic carbocycles. The highest BCUT2D eigenvalue weighted by molar-refractivity contribution is 7.89. The van der Waals surface area contributed by atoms with E-state index < -0.39 is 10.0 Å². The van der Waals surface area contributed by atoms with Gasteiger partial charge in [-0.3, -0.25) is 0 Å². The van der Waals surface area contributed by atoms with Crippen molar-refractivity contribution in [2.75, 3.05) is 6.54 Å². The number of aryl methyl sites for hydroxylation is 2. The number of rotatable bonds is 6. The number of hydrogen-bond donors (Lipinski definition) is 1. The van der Waals surface area contributed by atoms with E-state index in [0.717, 1.165) is 13.0 Å². The van der Waals surface area contributed by atoms with Crippen LogP contribution in [-0.2, 0) is 16.6 Å². The SMILES string of the molecule is C=C(Cl)CNS(=O)(=O)c1cn(CCC)c(C)n1. The highest BCUT2D eigenvalue weighted by atomic mass is 35.5. The van der Waals surface area contributed by atoms with Gasteiger partial charge in [0, 0.05) is 24.3 Å². The molecule has 0 unspecified atom stereocenters. The third-order valence-corrected chi connectivity index (χ3v) is 3.55. The van der Waals surface area contributed by atoms with Crippen LogP contribution in [0.1, 0.15) is 19.2 Å². The average Bonchev–Trinajstić information content (AvgIpc) is 2.59. The molecule has 0 spiro atoms. The maximum absolute atomic E-state index is 11.8. The minimum Gasteiger partial charge on any atom is -0.334 e. The molecule has 0 aliphatic heterocycles. The minimum atomic E-state index is -3.60. The molecule has 0 aromatic carbocycles. The van der Waals surface area contributed by atoms with Gasteiger partial charge in [0.05, 0.1) is 0 Å². The molecule has 0 amide bonds. The maximum atomic E-state index is 11.8. The topological polar surface area (TPSA) is 64.0 Å². The molecule has 0 radical (unpaired) electrons. The van der Waals surface area contributed by atoms with E-state index in [4.69, 9.17) is 11.6 Å². The zero-order valence-electron chi connectivity index (χ0n) is 9.90. The lowest BCUT2D eigenvalue weighted by atomic mass is 10.5. The summed E-state index contributed by atoms with van der Waals surface area (Å²) in [5, 5.41) is 0.250. The molecule has 0 atom stereocenters. The van der Waals surface area contributed by atoms with Gasteiger partial charge in [0.15, 0.2) is 5.03 Å². The largest absolute Gasteiger partial charge is 0.334 e. The standard InChI is InChI=1S/C10H16ClN3O2S/c1-4-5-14-7-10(13-9(14)3)17(15,16)12-6-8(2)11/h7,12H,2,4-6H2,1,3H3. The number of nitrogens with zero attached hydrogens (tertiary/aromatic N) is 2. The molecule has 17 heavy (non-hydrogen) atoms. The Kier molecular flexibility index (Phi) is 4.73. The van der Waals surface area contributed by atoms with E-state index in [1.807, 2.05) is 11.5 Å². The third-order valence-electron chi connectivity index (χ3n) is 2.15. The molecular formula is C10H16ClN3O2S. The molecule has 0 bridgehead atoms. The molecule has 1 aromatic rings. The first-order valence-corrected chi connectivity index (χ1v) is 7.09. The van der Waals surface area contributed by atoms with Gasteiger partial charge in [-0.1, -0.05) is 25.1 Å². The van der Waals surface area contributed by atoms with Gasteiger partial charge in [-0.05, 0) is 13.3 Å². The van der Waals surface area contributed by atoms with Crippen LogP contribution in [0.25, 0.3) is 0 Å². The van der Waals surface area contributed by atoms with Crippen molar-refractivity contribution in [2.24, 2.45) is 0 Å². The fourth-order valence-corrected chi connectivity index (χ4v) is 2.50. The minimum absolute atomic E-state index is 0.00355. The number of halogens is 1. The first-order chi connectivity index (χ1) is 7.86. The number of aromatic nitrogens is 2. The Morgan fingerprint density at radius 3 is 2.82 bits per heavy atom. The second-order valence-corrected chi connectivity index (χ2v) is 5.91. The molecule has 1 aromatic heterocycles. The summed E-state index contributed by atoms with van der Waals surface area (Å²) in [6.45, 7) is 7.96. The lowest BCUT2D eigenvalue weighted by molar-refractivity contribution is 0.581. The third kappa shape index (κ3) is 3.83. The van der Waals surface area contributed by atoms with Crippen LogP contribution < -0.4 is 4.72 Å². The van der Waals surface area contributed by atoms with Crippen LogP contribution in [0.3, 0.4) is 0 Å². The van der Waals surface area contributed by atoms with Crippen LogP contribution in [0.4, 0.5) is 0 Å². The van der Waals surface area contributed by atoms with Crippen LogP contribution >= 0.6 is 11.6 Å². The Morgan fingerprint density at radius 1 is 1.65 bits per heavy atom. The van der Waals surface area contributed by atoms with E-state index in [0.29, 0.717) is 5.82 Å². The van der Waals surface area contributed by atoms with Crippen molar-refractivity contribution < 1.29 is 8.42 Å². The molecule has 1 N–H and O–H groups in total. The Hall–Kier alpha value is -0.850. The summed E-state index contributed by atoms with van der Waals surface area (Å²) in [5.74, 6) is 0.678. The lowest BCUT2D eigenvalue weighted by Crippen LogP contribution is -2.25. The average molecular weight is 278 g/mol. The fourth-order valence-electron chi connectivity index (χ4n) is 1.32. The predicted molar refractivity (Wildman–Crippen MR) is 67.4 cm³/mol. The summed E-state index contributed by atoms with van der Waals surface area (Å²) < 4.78 is 27.8. The van der Waals surface area contributed by atoms with Crippen LogP contribution in [0.15, 0.2) is 22.8 Å². The van der Waals surface area contributed by atoms with Crippen molar-refractivity contribution >= 4 is 21.6 Å². The first-order valence-electron chi connectivity index (χ1n) is 5.23. The zero-order valence-corrected chi connectivity index (χ0v) is 11.5. The Morgan fingerprint density at radius 2 is 2.29 bits per heavy atom. The molecular weight excluding hydrogens is 262 g/mol. The first kappa shape index (κ1) is 14.2. The van der Waals surface area contributed by atoms with Crippen molar-refractivity contribution in [3.63, 3.8) is 0 Å². The van der Waals surface area contributed by atoms with E-state index >= 15 is 0 Å². The van der Waals surface area contributed by atoms with Gasteiger partial charge in [0.2, 0.25) is 0 Å². The summed E-state index contributed by atoms with van der Waals surface area (Å²) in [7, 11) is -3.60. The Labute approximate surface area is 107 Å². The summed E-state index contributed by atoms with van der Waals surface area (Å²) >= 11 is 5.51. The van der Waals surface area contributed by atoms with Crippen molar-refractivity contribution in [1.29, 1.82) is 0 Å². The highest BCUT2D eigenvalue weighted by Gasteiger charge is 2.18. The van der Waals surface area contributed by atoms with Crippen LogP contribution in [-0.4, -0.2) is 24.5 Å². The molecule has 5 nitrogen and oxygen atoms in total. The Bertz CT molecular complexity index is 508. The summed E-state index contributed by atoms with van der Waals surface area (Å²) in [5.41, 5.74) is 0. The normalized spacial score (nSPS) is 11.7. The molecule has 1 rings (SSSR count). The fraction of sp³-hybridized carbons (Fsp3) is 0.500. The van der Waals surface area contributed by atoms with E-state index in [1.165, 1.54) is 6.20 Å². The Balaban J connectivity index is 2.91. The van der Waals surface area contributed by atoms with Crippen molar-refractivity contribution in [3.05, 3.63) is 23.6 Å². The van der Waals surface area contributed by atoms with Crippen LogP contribution in [0.2, 0.25) is 0 Å². The molecule has 0 saturated carbocycles. The van der Waals surface area contributed by atoms with E-state index in [-0.39, 0.29) is 16.6 Å². The number of nitrogens with one attached hydrogen (secondary N) is 1. The van der Waals surface area contributed by atoms with E-state index in [1.54, 1.807) is 6.92 Å². The molecule has 1 heterocycles. The number of imidazole rings is 1. The van der Waals surface area contributed by atoms with Gasteiger partial charge in [-0.15, -0.1) is 0 Å². The van der Waals surface area contributed by atoms with Gasteiger partial charge in [0.25, 0.3) is 10.0 Å². The predicted octanol–water partition coefficient (Wildman–Crippen LogP) is 1.63. The van der Waals surface area contributed by atoms with E-state index in [9.17, 15) is 8.42 Å². The van der Waals surface area contributed by atoms with Crippen molar-refractivity contribution in [1.82, 2.24) is 14.3 Å². The molecule has 7 heteroatoms. The number of hydrogen-bond acceptors (Lipinski definition) is 3. The summed E-state index contributed by atoms with van der Waals surface area (Å²) in [6, 6.07) is 0. The second kappa shape index (κ2) is 5.66. The zero-order chi connectivity index (χ0) is 13.1. The maximum Gasteiger partial charge on any atom is 0.259 e.